The monoisotopic (exact) mass is 503 g/mol. The fourth-order valence-electron chi connectivity index (χ4n) is 3.21. The van der Waals surface area contributed by atoms with Gasteiger partial charge in [-0.15, -0.1) is 0 Å². The molecule has 0 aliphatic carbocycles. The molecule has 0 aliphatic rings. The van der Waals surface area contributed by atoms with Gasteiger partial charge >= 0.3 is 17.6 Å². The highest BCUT2D eigenvalue weighted by atomic mass is 32.2. The van der Waals surface area contributed by atoms with Crippen LogP contribution in [0.2, 0.25) is 0 Å². The third-order valence-electron chi connectivity index (χ3n) is 4.81. The largest absolute Gasteiger partial charge is 0.481 e. The van der Waals surface area contributed by atoms with Crippen molar-refractivity contribution in [1.82, 2.24) is 0 Å². The number of benzene rings is 2. The smallest absolute Gasteiger partial charge is 0.344 e. The summed E-state index contributed by atoms with van der Waals surface area (Å²) >= 11 is 0. The molecular formula is C24H25NO9S. The molecule has 3 rings (SSSR count). The van der Waals surface area contributed by atoms with Gasteiger partial charge in [-0.2, -0.15) is 0 Å². The first-order valence-corrected chi connectivity index (χ1v) is 12.2. The van der Waals surface area contributed by atoms with Crippen LogP contribution < -0.4 is 14.7 Å². The van der Waals surface area contributed by atoms with Gasteiger partial charge in [-0.05, 0) is 51.1 Å². The van der Waals surface area contributed by atoms with E-state index < -0.39 is 40.7 Å². The van der Waals surface area contributed by atoms with E-state index in [0.717, 1.165) is 15.9 Å². The molecule has 0 saturated carbocycles. The maximum Gasteiger partial charge on any atom is 0.344 e. The molecular weight excluding hydrogens is 478 g/mol. The van der Waals surface area contributed by atoms with E-state index in [1.54, 1.807) is 26.0 Å². The quantitative estimate of drug-likeness (QED) is 0.303. The normalized spacial score (nSPS) is 11.2. The van der Waals surface area contributed by atoms with Gasteiger partial charge in [0.2, 0.25) is 0 Å². The van der Waals surface area contributed by atoms with Crippen molar-refractivity contribution in [2.24, 2.45) is 0 Å². The molecule has 35 heavy (non-hydrogen) atoms. The van der Waals surface area contributed by atoms with E-state index in [2.05, 4.69) is 0 Å². The van der Waals surface area contributed by atoms with Crippen molar-refractivity contribution in [1.29, 1.82) is 0 Å². The predicted molar refractivity (Wildman–Crippen MR) is 127 cm³/mol. The molecule has 0 N–H and O–H groups in total. The zero-order chi connectivity index (χ0) is 25.6. The van der Waals surface area contributed by atoms with Crippen LogP contribution in [0.5, 0.6) is 5.75 Å². The van der Waals surface area contributed by atoms with Gasteiger partial charge in [0.1, 0.15) is 17.9 Å². The molecule has 10 nitrogen and oxygen atoms in total. The van der Waals surface area contributed by atoms with Crippen molar-refractivity contribution < 1.29 is 36.6 Å². The molecule has 0 unspecified atom stereocenters. The molecule has 0 amide bonds. The first-order valence-electron chi connectivity index (χ1n) is 10.8. The molecule has 0 atom stereocenters. The fourth-order valence-corrected chi connectivity index (χ4v) is 4.61. The van der Waals surface area contributed by atoms with E-state index in [9.17, 15) is 22.8 Å². The molecule has 3 aromatic rings. The number of sulfonamides is 1. The van der Waals surface area contributed by atoms with Crippen molar-refractivity contribution in [2.75, 3.05) is 30.7 Å². The standard InChI is InChI=1S/C24H25NO9S/c1-4-31-23(27)14-25(35(29,30)18-9-6-16(3)7-10-18)17-8-11-20-19(12-17)21(13-22(26)34-20)33-15-24(28)32-5-2/h6-13H,4-5,14-15H2,1-3H3. The first kappa shape index (κ1) is 25.8. The molecule has 0 radical (unpaired) electrons. The Bertz CT molecular complexity index is 1380. The van der Waals surface area contributed by atoms with Gasteiger partial charge in [-0.3, -0.25) is 9.10 Å². The van der Waals surface area contributed by atoms with Crippen LogP contribution in [0.15, 0.2) is 62.6 Å². The lowest BCUT2D eigenvalue weighted by Gasteiger charge is -2.24. The Morgan fingerprint density at radius 1 is 0.943 bits per heavy atom. The highest BCUT2D eigenvalue weighted by molar-refractivity contribution is 7.92. The van der Waals surface area contributed by atoms with Crippen LogP contribution in [-0.2, 0) is 29.1 Å². The summed E-state index contributed by atoms with van der Waals surface area (Å²) in [6.07, 6.45) is 0. The summed E-state index contributed by atoms with van der Waals surface area (Å²) in [5, 5.41) is 0.222. The van der Waals surface area contributed by atoms with Crippen LogP contribution in [0.4, 0.5) is 5.69 Å². The van der Waals surface area contributed by atoms with Gasteiger partial charge in [0.15, 0.2) is 6.61 Å². The molecule has 0 saturated heterocycles. The number of nitrogens with zero attached hydrogens (tertiary/aromatic N) is 1. The maximum atomic E-state index is 13.5. The lowest BCUT2D eigenvalue weighted by atomic mass is 10.2. The summed E-state index contributed by atoms with van der Waals surface area (Å²) in [4.78, 5) is 36.0. The van der Waals surface area contributed by atoms with Crippen molar-refractivity contribution in [3.63, 3.8) is 0 Å². The third-order valence-corrected chi connectivity index (χ3v) is 6.60. The molecule has 0 spiro atoms. The topological polar surface area (TPSA) is 129 Å². The number of carbonyl (C=O) groups is 2. The van der Waals surface area contributed by atoms with Gasteiger partial charge in [-0.25, -0.2) is 18.0 Å². The number of rotatable bonds is 10. The average Bonchev–Trinajstić information content (AvgIpc) is 2.81. The summed E-state index contributed by atoms with van der Waals surface area (Å²) in [7, 11) is -4.18. The minimum Gasteiger partial charge on any atom is -0.481 e. The minimum atomic E-state index is -4.18. The van der Waals surface area contributed by atoms with Crippen molar-refractivity contribution in [2.45, 2.75) is 25.7 Å². The Morgan fingerprint density at radius 2 is 1.60 bits per heavy atom. The average molecular weight is 504 g/mol. The zero-order valence-corrected chi connectivity index (χ0v) is 20.3. The van der Waals surface area contributed by atoms with E-state index in [1.807, 2.05) is 6.92 Å². The number of hydrogen-bond donors (Lipinski definition) is 0. The number of anilines is 1. The summed E-state index contributed by atoms with van der Waals surface area (Å²) in [6, 6.07) is 11.4. The SMILES string of the molecule is CCOC(=O)COc1cc(=O)oc2ccc(N(CC(=O)OCC)S(=O)(=O)c3ccc(C)cc3)cc12. The highest BCUT2D eigenvalue weighted by Crippen LogP contribution is 2.31. The van der Waals surface area contributed by atoms with Crippen molar-refractivity contribution >= 4 is 38.6 Å². The summed E-state index contributed by atoms with van der Waals surface area (Å²) < 4.78 is 48.3. The van der Waals surface area contributed by atoms with Gasteiger partial charge in [-0.1, -0.05) is 17.7 Å². The third kappa shape index (κ3) is 6.18. The number of hydrogen-bond acceptors (Lipinski definition) is 9. The number of ether oxygens (including phenoxy) is 3. The number of aryl methyl sites for hydroxylation is 1. The summed E-state index contributed by atoms with van der Waals surface area (Å²) in [5.41, 5.74) is 0.342. The predicted octanol–water partition coefficient (Wildman–Crippen LogP) is 2.80. The van der Waals surface area contributed by atoms with Gasteiger partial charge in [0, 0.05) is 0 Å². The zero-order valence-electron chi connectivity index (χ0n) is 19.5. The molecule has 186 valence electrons. The number of esters is 2. The van der Waals surface area contributed by atoms with Gasteiger partial charge in [0.25, 0.3) is 10.0 Å². The lowest BCUT2D eigenvalue weighted by molar-refractivity contribution is -0.145. The van der Waals surface area contributed by atoms with Crippen LogP contribution >= 0.6 is 0 Å². The second-order valence-corrected chi connectivity index (χ2v) is 9.20. The molecule has 0 fully saturated rings. The van der Waals surface area contributed by atoms with Crippen LogP contribution in [0.3, 0.4) is 0 Å². The maximum absolute atomic E-state index is 13.5. The molecule has 1 aromatic heterocycles. The molecule has 0 bridgehead atoms. The Balaban J connectivity index is 2.10. The van der Waals surface area contributed by atoms with Crippen LogP contribution in [0, 0.1) is 6.92 Å². The van der Waals surface area contributed by atoms with Crippen molar-refractivity contribution in [3.8, 4) is 5.75 Å². The van der Waals surface area contributed by atoms with Crippen LogP contribution in [0.25, 0.3) is 11.0 Å². The molecule has 0 aliphatic heterocycles. The van der Waals surface area contributed by atoms with E-state index in [0.29, 0.717) is 0 Å². The van der Waals surface area contributed by atoms with Crippen LogP contribution in [-0.4, -0.2) is 46.7 Å². The first-order chi connectivity index (χ1) is 16.6. The second-order valence-electron chi connectivity index (χ2n) is 7.33. The Morgan fingerprint density at radius 3 is 2.26 bits per heavy atom. The fraction of sp³-hybridized carbons (Fsp3) is 0.292. The Labute approximate surface area is 202 Å². The summed E-state index contributed by atoms with van der Waals surface area (Å²) in [6.45, 7) is 4.25. The minimum absolute atomic E-state index is 0.00466. The lowest BCUT2D eigenvalue weighted by Crippen LogP contribution is -2.36. The Kier molecular flexibility index (Phi) is 8.13. The molecule has 11 heteroatoms. The van der Waals surface area contributed by atoms with Crippen LogP contribution in [0.1, 0.15) is 19.4 Å². The van der Waals surface area contributed by atoms with Crippen molar-refractivity contribution in [3.05, 3.63) is 64.5 Å². The van der Waals surface area contributed by atoms with Gasteiger partial charge in [0.05, 0.1) is 35.2 Å². The second kappa shape index (κ2) is 11.0. The van der Waals surface area contributed by atoms with E-state index in [-0.39, 0.29) is 40.5 Å². The molecule has 1 heterocycles. The van der Waals surface area contributed by atoms with E-state index in [4.69, 9.17) is 18.6 Å². The van der Waals surface area contributed by atoms with E-state index >= 15 is 0 Å². The highest BCUT2D eigenvalue weighted by Gasteiger charge is 2.28. The number of fused-ring (bicyclic) bond motifs is 1. The Hall–Kier alpha value is -3.86. The van der Waals surface area contributed by atoms with E-state index in [1.165, 1.54) is 30.3 Å². The molecule has 2 aromatic carbocycles. The summed E-state index contributed by atoms with van der Waals surface area (Å²) in [5.74, 6) is -1.40. The number of carbonyl (C=O) groups excluding carboxylic acids is 2. The van der Waals surface area contributed by atoms with Gasteiger partial charge < -0.3 is 18.6 Å².